The first kappa shape index (κ1) is 28.4. The van der Waals surface area contributed by atoms with Crippen LogP contribution in [0.3, 0.4) is 0 Å². The van der Waals surface area contributed by atoms with E-state index in [0.717, 1.165) is 0 Å². The fourth-order valence-corrected chi connectivity index (χ4v) is 2.89. The molecule has 1 aromatic rings. The smallest absolute Gasteiger partial charge is 0.325 e. The predicted molar refractivity (Wildman–Crippen MR) is 121 cm³/mol. The van der Waals surface area contributed by atoms with E-state index < -0.39 is 60.2 Å². The maximum absolute atomic E-state index is 12.9. The van der Waals surface area contributed by atoms with Gasteiger partial charge in [0.2, 0.25) is 17.7 Å². The molecule has 0 radical (unpaired) electrons. The van der Waals surface area contributed by atoms with E-state index in [0.29, 0.717) is 12.0 Å². The summed E-state index contributed by atoms with van der Waals surface area (Å²) in [5.74, 6) is -5.39. The van der Waals surface area contributed by atoms with Crippen LogP contribution in [-0.2, 0) is 30.4 Å². The summed E-state index contributed by atoms with van der Waals surface area (Å²) in [6.45, 7) is 4.80. The van der Waals surface area contributed by atoms with Crippen molar-refractivity contribution in [2.24, 2.45) is 11.7 Å². The second-order valence-electron chi connectivity index (χ2n) is 8.07. The van der Waals surface area contributed by atoms with Crippen molar-refractivity contribution in [2.45, 2.75) is 64.2 Å². The second kappa shape index (κ2) is 13.1. The van der Waals surface area contributed by atoms with Gasteiger partial charge in [0.15, 0.2) is 0 Å². The fraction of sp³-hybridized carbons (Fsp3) is 0.500. The lowest BCUT2D eigenvalue weighted by atomic mass is 9.98. The molecule has 5 unspecified atom stereocenters. The Labute approximate surface area is 196 Å². The van der Waals surface area contributed by atoms with Crippen molar-refractivity contribution >= 4 is 29.7 Å². The van der Waals surface area contributed by atoms with E-state index in [2.05, 4.69) is 16.0 Å². The number of phenolic OH excluding ortho intramolecular Hbond substituents is 1. The third-order valence-corrected chi connectivity index (χ3v) is 5.31. The maximum atomic E-state index is 12.9. The van der Waals surface area contributed by atoms with Crippen LogP contribution in [0.5, 0.6) is 5.75 Å². The highest BCUT2D eigenvalue weighted by Gasteiger charge is 2.31. The normalized spacial score (nSPS) is 15.2. The number of hydrogen-bond acceptors (Lipinski definition) is 7. The van der Waals surface area contributed by atoms with Gasteiger partial charge in [-0.15, -0.1) is 0 Å². The molecule has 0 aliphatic carbocycles. The molecule has 188 valence electrons. The molecule has 0 aliphatic heterocycles. The average molecular weight is 481 g/mol. The number of carbonyl (C=O) groups excluding carboxylic acids is 3. The molecule has 0 heterocycles. The molecule has 5 atom stereocenters. The molecule has 0 bridgehead atoms. The van der Waals surface area contributed by atoms with Crippen LogP contribution in [-0.4, -0.2) is 69.1 Å². The van der Waals surface area contributed by atoms with Crippen molar-refractivity contribution in [2.75, 3.05) is 0 Å². The Balaban J connectivity index is 3.10. The van der Waals surface area contributed by atoms with Gasteiger partial charge in [0.05, 0.1) is 12.5 Å². The van der Waals surface area contributed by atoms with Gasteiger partial charge in [-0.2, -0.15) is 0 Å². The molecule has 8 N–H and O–H groups in total. The summed E-state index contributed by atoms with van der Waals surface area (Å²) in [7, 11) is 0. The summed E-state index contributed by atoms with van der Waals surface area (Å²) in [5.41, 5.74) is 6.39. The third kappa shape index (κ3) is 9.06. The lowest BCUT2D eigenvalue weighted by Crippen LogP contribution is -2.58. The number of rotatable bonds is 13. The molecule has 1 rings (SSSR count). The molecule has 1 aromatic carbocycles. The summed E-state index contributed by atoms with van der Waals surface area (Å²) in [6, 6.07) is 0.707. The van der Waals surface area contributed by atoms with Gasteiger partial charge in [-0.25, -0.2) is 0 Å². The summed E-state index contributed by atoms with van der Waals surface area (Å²) < 4.78 is 0. The molecule has 12 nitrogen and oxygen atoms in total. The van der Waals surface area contributed by atoms with Crippen LogP contribution in [0.25, 0.3) is 0 Å². The first-order valence-corrected chi connectivity index (χ1v) is 10.7. The van der Waals surface area contributed by atoms with Crippen molar-refractivity contribution < 1.29 is 39.3 Å². The van der Waals surface area contributed by atoms with Gasteiger partial charge >= 0.3 is 11.9 Å². The van der Waals surface area contributed by atoms with Crippen LogP contribution in [0.2, 0.25) is 0 Å². The SMILES string of the molecule is CCC(C)C(N)C(=O)NC(CC(=O)O)C(=O)NC(Cc1ccc(O)cc1)C(=O)NC(C)C(=O)O. The highest BCUT2D eigenvalue weighted by Crippen LogP contribution is 2.12. The van der Waals surface area contributed by atoms with Crippen LogP contribution in [0.1, 0.15) is 39.2 Å². The summed E-state index contributed by atoms with van der Waals surface area (Å²) in [5, 5.41) is 34.7. The number of carboxylic acid groups (broad SMARTS) is 2. The van der Waals surface area contributed by atoms with Crippen LogP contribution in [0, 0.1) is 5.92 Å². The number of carbonyl (C=O) groups is 5. The molecule has 0 aliphatic rings. The zero-order valence-corrected chi connectivity index (χ0v) is 19.3. The minimum absolute atomic E-state index is 0.0184. The van der Waals surface area contributed by atoms with E-state index in [-0.39, 0.29) is 18.1 Å². The van der Waals surface area contributed by atoms with Gasteiger partial charge < -0.3 is 37.0 Å². The van der Waals surface area contributed by atoms with Gasteiger partial charge in [0.25, 0.3) is 0 Å². The van der Waals surface area contributed by atoms with Crippen molar-refractivity contribution in [1.29, 1.82) is 0 Å². The van der Waals surface area contributed by atoms with Gasteiger partial charge in [-0.1, -0.05) is 32.4 Å². The molecule has 3 amide bonds. The van der Waals surface area contributed by atoms with E-state index in [1.54, 1.807) is 6.92 Å². The standard InChI is InChI=1S/C22H32N4O8/c1-4-11(2)18(23)21(32)26-16(10-17(28)29)20(31)25-15(19(30)24-12(3)22(33)34)9-13-5-7-14(27)8-6-13/h5-8,11-12,15-16,18,27H,4,9-10,23H2,1-3H3,(H,24,30)(H,25,31)(H,26,32)(H,28,29)(H,33,34). The van der Waals surface area contributed by atoms with Crippen molar-refractivity contribution in [3.05, 3.63) is 29.8 Å². The molecule has 0 saturated heterocycles. The van der Waals surface area contributed by atoms with E-state index in [1.807, 2.05) is 6.92 Å². The average Bonchev–Trinajstić information content (AvgIpc) is 2.77. The quantitative estimate of drug-likeness (QED) is 0.191. The number of nitrogens with two attached hydrogens (primary N) is 1. The molecule has 0 aromatic heterocycles. The van der Waals surface area contributed by atoms with E-state index >= 15 is 0 Å². The minimum atomic E-state index is -1.52. The fourth-order valence-electron chi connectivity index (χ4n) is 2.89. The van der Waals surface area contributed by atoms with Crippen molar-refractivity contribution in [3.8, 4) is 5.75 Å². The summed E-state index contributed by atoms with van der Waals surface area (Å²) in [6.07, 6.45) is -0.269. The Morgan fingerprint density at radius 2 is 1.41 bits per heavy atom. The predicted octanol–water partition coefficient (Wildman–Crippen LogP) is -0.658. The molecule has 0 saturated carbocycles. The van der Waals surface area contributed by atoms with E-state index in [9.17, 15) is 34.2 Å². The lowest BCUT2D eigenvalue weighted by molar-refractivity contribution is -0.143. The van der Waals surface area contributed by atoms with Crippen LogP contribution in [0.4, 0.5) is 0 Å². The van der Waals surface area contributed by atoms with Crippen molar-refractivity contribution in [3.63, 3.8) is 0 Å². The molecular weight excluding hydrogens is 448 g/mol. The van der Waals surface area contributed by atoms with Gasteiger partial charge in [-0.3, -0.25) is 24.0 Å². The lowest BCUT2D eigenvalue weighted by Gasteiger charge is -2.25. The zero-order chi connectivity index (χ0) is 26.0. The van der Waals surface area contributed by atoms with Crippen LogP contribution < -0.4 is 21.7 Å². The molecule has 0 fully saturated rings. The monoisotopic (exact) mass is 480 g/mol. The van der Waals surface area contributed by atoms with E-state index in [1.165, 1.54) is 31.2 Å². The second-order valence-corrected chi connectivity index (χ2v) is 8.07. The zero-order valence-electron chi connectivity index (χ0n) is 19.3. The largest absolute Gasteiger partial charge is 0.508 e. The first-order chi connectivity index (χ1) is 15.8. The summed E-state index contributed by atoms with van der Waals surface area (Å²) in [4.78, 5) is 60.4. The highest BCUT2D eigenvalue weighted by molar-refractivity contribution is 5.95. The topological polar surface area (TPSA) is 208 Å². The maximum Gasteiger partial charge on any atom is 0.325 e. The molecule has 34 heavy (non-hydrogen) atoms. The number of phenols is 1. The molecular formula is C22H32N4O8. The number of hydrogen-bond donors (Lipinski definition) is 7. The van der Waals surface area contributed by atoms with Crippen LogP contribution >= 0.6 is 0 Å². The Morgan fingerprint density at radius 3 is 1.91 bits per heavy atom. The number of carboxylic acids is 2. The number of nitrogens with one attached hydrogen (secondary N) is 3. The number of benzene rings is 1. The Kier molecular flexibility index (Phi) is 11.0. The van der Waals surface area contributed by atoms with E-state index in [4.69, 9.17) is 10.8 Å². The molecule has 0 spiro atoms. The highest BCUT2D eigenvalue weighted by atomic mass is 16.4. The first-order valence-electron chi connectivity index (χ1n) is 10.7. The molecule has 12 heteroatoms. The Hall–Kier alpha value is -3.67. The minimum Gasteiger partial charge on any atom is -0.508 e. The van der Waals surface area contributed by atoms with Crippen molar-refractivity contribution in [1.82, 2.24) is 16.0 Å². The third-order valence-electron chi connectivity index (χ3n) is 5.31. The summed E-state index contributed by atoms with van der Waals surface area (Å²) >= 11 is 0. The Morgan fingerprint density at radius 1 is 0.882 bits per heavy atom. The van der Waals surface area contributed by atoms with Gasteiger partial charge in [-0.05, 0) is 30.5 Å². The van der Waals surface area contributed by atoms with Gasteiger partial charge in [0.1, 0.15) is 23.9 Å². The van der Waals surface area contributed by atoms with Gasteiger partial charge in [0, 0.05) is 6.42 Å². The van der Waals surface area contributed by atoms with Crippen LogP contribution in [0.15, 0.2) is 24.3 Å². The number of aromatic hydroxyl groups is 1. The number of aliphatic carboxylic acids is 2. The number of amides is 3. The Bertz CT molecular complexity index is 889.